The van der Waals surface area contributed by atoms with E-state index in [-0.39, 0.29) is 11.8 Å². The number of nitrogens with one attached hydrogen (secondary N) is 1. The lowest BCUT2D eigenvalue weighted by molar-refractivity contribution is -0.125. The first kappa shape index (κ1) is 19.9. The number of methoxy groups -OCH3 is 2. The maximum atomic E-state index is 12.8. The number of amides is 1. The molecule has 8 heteroatoms. The van der Waals surface area contributed by atoms with Gasteiger partial charge in [-0.25, -0.2) is 9.97 Å². The summed E-state index contributed by atoms with van der Waals surface area (Å²) in [5.74, 6) is 1.38. The molecule has 1 atom stereocenters. The highest BCUT2D eigenvalue weighted by Crippen LogP contribution is 2.25. The lowest BCUT2D eigenvalue weighted by Crippen LogP contribution is -2.43. The number of piperidine rings is 1. The molecule has 0 aliphatic carbocycles. The molecule has 1 N–H and O–H groups in total. The van der Waals surface area contributed by atoms with E-state index in [1.165, 1.54) is 0 Å². The zero-order valence-corrected chi connectivity index (χ0v) is 17.2. The molecule has 2 aromatic heterocycles. The second-order valence-corrected chi connectivity index (χ2v) is 7.32. The van der Waals surface area contributed by atoms with Gasteiger partial charge in [0.25, 0.3) is 0 Å². The highest BCUT2D eigenvalue weighted by molar-refractivity contribution is 5.80. The molecule has 0 saturated carbocycles. The molecule has 1 amide bonds. The maximum Gasteiger partial charge on any atom is 0.225 e. The number of fused-ring (bicyclic) bond motifs is 1. The lowest BCUT2D eigenvalue weighted by atomic mass is 9.96. The third-order valence-corrected chi connectivity index (χ3v) is 5.35. The molecule has 8 nitrogen and oxygen atoms in total. The van der Waals surface area contributed by atoms with Crippen LogP contribution in [0.4, 0.5) is 5.69 Å². The van der Waals surface area contributed by atoms with Gasteiger partial charge in [0.05, 0.1) is 32.0 Å². The van der Waals surface area contributed by atoms with Gasteiger partial charge in [0.2, 0.25) is 5.91 Å². The number of nitrogens with zero attached hydrogens (tertiary/aromatic N) is 4. The Kier molecular flexibility index (Phi) is 5.92. The number of ether oxygens (including phenoxy) is 2. The van der Waals surface area contributed by atoms with Gasteiger partial charge < -0.3 is 19.7 Å². The van der Waals surface area contributed by atoms with E-state index in [0.717, 1.165) is 36.2 Å². The van der Waals surface area contributed by atoms with Crippen molar-refractivity contribution in [3.05, 3.63) is 48.4 Å². The van der Waals surface area contributed by atoms with Crippen molar-refractivity contribution in [1.29, 1.82) is 0 Å². The summed E-state index contributed by atoms with van der Waals surface area (Å²) in [4.78, 5) is 28.0. The highest BCUT2D eigenvalue weighted by Gasteiger charge is 2.26. The monoisotopic (exact) mass is 407 g/mol. The average molecular weight is 407 g/mol. The summed E-state index contributed by atoms with van der Waals surface area (Å²) < 4.78 is 10.6. The molecular weight excluding hydrogens is 382 g/mol. The van der Waals surface area contributed by atoms with Gasteiger partial charge in [0.15, 0.2) is 5.65 Å². The van der Waals surface area contributed by atoms with Crippen molar-refractivity contribution in [2.75, 3.05) is 32.2 Å². The Bertz CT molecular complexity index is 1020. The van der Waals surface area contributed by atoms with Gasteiger partial charge >= 0.3 is 0 Å². The Balaban J connectivity index is 1.41. The summed E-state index contributed by atoms with van der Waals surface area (Å²) in [6.07, 6.45) is 6.91. The number of rotatable bonds is 6. The van der Waals surface area contributed by atoms with Crippen LogP contribution in [0.1, 0.15) is 18.4 Å². The van der Waals surface area contributed by atoms with Crippen molar-refractivity contribution in [2.45, 2.75) is 19.4 Å². The van der Waals surface area contributed by atoms with Gasteiger partial charge in [0, 0.05) is 38.1 Å². The summed E-state index contributed by atoms with van der Waals surface area (Å²) in [5.41, 5.74) is 3.29. The number of benzene rings is 1. The van der Waals surface area contributed by atoms with Crippen LogP contribution in [0.3, 0.4) is 0 Å². The van der Waals surface area contributed by atoms with Crippen LogP contribution in [0.25, 0.3) is 11.2 Å². The lowest BCUT2D eigenvalue weighted by Gasteiger charge is -2.33. The molecule has 0 bridgehead atoms. The fraction of sp³-hybridized carbons (Fsp3) is 0.364. The van der Waals surface area contributed by atoms with E-state index in [1.807, 2.05) is 24.3 Å². The highest BCUT2D eigenvalue weighted by atomic mass is 16.5. The van der Waals surface area contributed by atoms with E-state index in [0.29, 0.717) is 30.2 Å². The molecule has 1 aromatic carbocycles. The summed E-state index contributed by atoms with van der Waals surface area (Å²) >= 11 is 0. The molecule has 1 saturated heterocycles. The summed E-state index contributed by atoms with van der Waals surface area (Å²) in [5, 5.41) is 3.06. The Morgan fingerprint density at radius 3 is 2.63 bits per heavy atom. The van der Waals surface area contributed by atoms with Crippen LogP contribution in [0.5, 0.6) is 11.5 Å². The minimum Gasteiger partial charge on any atom is -0.497 e. The molecule has 3 heterocycles. The molecule has 1 fully saturated rings. The molecule has 3 aromatic rings. The van der Waals surface area contributed by atoms with E-state index < -0.39 is 0 Å². The zero-order valence-electron chi connectivity index (χ0n) is 17.2. The van der Waals surface area contributed by atoms with Gasteiger partial charge in [-0.2, -0.15) is 0 Å². The molecule has 0 radical (unpaired) electrons. The second kappa shape index (κ2) is 8.94. The summed E-state index contributed by atoms with van der Waals surface area (Å²) in [6, 6.07) is 7.60. The van der Waals surface area contributed by atoms with E-state index in [9.17, 15) is 4.79 Å². The van der Waals surface area contributed by atoms with Crippen LogP contribution in [0, 0.1) is 5.92 Å². The minimum absolute atomic E-state index is 0.0510. The van der Waals surface area contributed by atoms with Crippen LogP contribution in [0.15, 0.2) is 42.9 Å². The van der Waals surface area contributed by atoms with E-state index in [2.05, 4.69) is 25.2 Å². The molecule has 0 spiro atoms. The SMILES string of the molecule is COc1cc(CNC(=O)[C@H]2CCCN(c3cnc4nccnc4c3)C2)cc(OC)c1. The predicted molar refractivity (Wildman–Crippen MR) is 114 cm³/mol. The molecule has 156 valence electrons. The number of hydrogen-bond donors (Lipinski definition) is 1. The third-order valence-electron chi connectivity index (χ3n) is 5.35. The predicted octanol–water partition coefficient (Wildman–Crippen LogP) is 2.57. The number of pyridine rings is 1. The van der Waals surface area contributed by atoms with E-state index in [1.54, 1.807) is 32.8 Å². The Labute approximate surface area is 175 Å². The molecule has 0 unspecified atom stereocenters. The minimum atomic E-state index is -0.0798. The molecule has 30 heavy (non-hydrogen) atoms. The zero-order chi connectivity index (χ0) is 20.9. The van der Waals surface area contributed by atoms with Gasteiger partial charge in [-0.15, -0.1) is 0 Å². The normalized spacial score (nSPS) is 16.3. The largest absolute Gasteiger partial charge is 0.497 e. The fourth-order valence-electron chi connectivity index (χ4n) is 3.75. The Hall–Kier alpha value is -3.42. The standard InChI is InChI=1S/C22H25N5O3/c1-29-18-8-15(9-19(11-18)30-2)12-26-22(28)16-4-3-7-27(14-16)17-10-20-21(25-13-17)24-6-5-23-20/h5-6,8-11,13,16H,3-4,7,12,14H2,1-2H3,(H,26,28)/t16-/m0/s1. The van der Waals surface area contributed by atoms with Gasteiger partial charge in [0.1, 0.15) is 17.0 Å². The van der Waals surface area contributed by atoms with Crippen LogP contribution in [0.2, 0.25) is 0 Å². The molecule has 1 aliphatic heterocycles. The Morgan fingerprint density at radius 2 is 1.87 bits per heavy atom. The molecular formula is C22H25N5O3. The van der Waals surface area contributed by atoms with E-state index >= 15 is 0 Å². The van der Waals surface area contributed by atoms with Crippen molar-refractivity contribution in [3.8, 4) is 11.5 Å². The van der Waals surface area contributed by atoms with Crippen LogP contribution < -0.4 is 19.7 Å². The van der Waals surface area contributed by atoms with Gasteiger partial charge in [-0.3, -0.25) is 9.78 Å². The van der Waals surface area contributed by atoms with Crippen molar-refractivity contribution in [1.82, 2.24) is 20.3 Å². The topological polar surface area (TPSA) is 89.5 Å². The van der Waals surface area contributed by atoms with Gasteiger partial charge in [-0.05, 0) is 36.6 Å². The summed E-state index contributed by atoms with van der Waals surface area (Å²) in [7, 11) is 3.22. The van der Waals surface area contributed by atoms with Crippen molar-refractivity contribution >= 4 is 22.8 Å². The van der Waals surface area contributed by atoms with Crippen LogP contribution >= 0.6 is 0 Å². The van der Waals surface area contributed by atoms with E-state index in [4.69, 9.17) is 9.47 Å². The summed E-state index contributed by atoms with van der Waals surface area (Å²) in [6.45, 7) is 1.97. The van der Waals surface area contributed by atoms with Crippen LogP contribution in [-0.2, 0) is 11.3 Å². The third kappa shape index (κ3) is 4.42. The van der Waals surface area contributed by atoms with Crippen molar-refractivity contribution in [3.63, 3.8) is 0 Å². The molecule has 4 rings (SSSR count). The smallest absolute Gasteiger partial charge is 0.225 e. The second-order valence-electron chi connectivity index (χ2n) is 7.32. The average Bonchev–Trinajstić information content (AvgIpc) is 2.82. The first-order valence-corrected chi connectivity index (χ1v) is 9.97. The number of aromatic nitrogens is 3. The Morgan fingerprint density at radius 1 is 1.10 bits per heavy atom. The quantitative estimate of drug-likeness (QED) is 0.672. The number of hydrogen-bond acceptors (Lipinski definition) is 7. The van der Waals surface area contributed by atoms with Gasteiger partial charge in [-0.1, -0.05) is 0 Å². The number of anilines is 1. The first-order valence-electron chi connectivity index (χ1n) is 9.97. The number of carbonyl (C=O) groups excluding carboxylic acids is 1. The van der Waals surface area contributed by atoms with Crippen molar-refractivity contribution in [2.24, 2.45) is 5.92 Å². The van der Waals surface area contributed by atoms with Crippen molar-refractivity contribution < 1.29 is 14.3 Å². The fourth-order valence-corrected chi connectivity index (χ4v) is 3.75. The molecule has 1 aliphatic rings. The first-order chi connectivity index (χ1) is 14.7. The maximum absolute atomic E-state index is 12.8. The number of carbonyl (C=O) groups is 1. The van der Waals surface area contributed by atoms with Crippen LogP contribution in [-0.4, -0.2) is 48.2 Å².